The molecule has 0 bridgehead atoms. The van der Waals surface area contributed by atoms with Crippen LogP contribution in [0.3, 0.4) is 0 Å². The minimum Gasteiger partial charge on any atom is -0.480 e. The molecule has 2 unspecified atom stereocenters. The number of aliphatic carboxylic acids is 1. The van der Waals surface area contributed by atoms with Gasteiger partial charge < -0.3 is 15.7 Å². The van der Waals surface area contributed by atoms with Crippen LogP contribution in [0.4, 0.5) is 0 Å². The Morgan fingerprint density at radius 1 is 1.53 bits per heavy atom. The van der Waals surface area contributed by atoms with Crippen LogP contribution < -0.4 is 5.73 Å². The topological polar surface area (TPSA) is 66.6 Å². The second-order valence-electron chi connectivity index (χ2n) is 4.47. The van der Waals surface area contributed by atoms with Gasteiger partial charge in [0.05, 0.1) is 0 Å². The first-order chi connectivity index (χ1) is 7.11. The van der Waals surface area contributed by atoms with Crippen molar-refractivity contribution in [2.45, 2.75) is 51.1 Å². The van der Waals surface area contributed by atoms with Gasteiger partial charge in [-0.2, -0.15) is 0 Å². The highest BCUT2D eigenvalue weighted by Gasteiger charge is 2.19. The van der Waals surface area contributed by atoms with Crippen LogP contribution in [-0.2, 0) is 4.79 Å². The van der Waals surface area contributed by atoms with Crippen molar-refractivity contribution in [3.8, 4) is 0 Å². The first-order valence-electron chi connectivity index (χ1n) is 5.83. The molecule has 4 nitrogen and oxygen atoms in total. The number of carboxylic acids is 1. The molecule has 88 valence electrons. The van der Waals surface area contributed by atoms with Crippen molar-refractivity contribution in [3.63, 3.8) is 0 Å². The number of hydrogen-bond acceptors (Lipinski definition) is 3. The lowest BCUT2D eigenvalue weighted by Gasteiger charge is -2.27. The van der Waals surface area contributed by atoms with E-state index in [0.717, 1.165) is 13.1 Å². The van der Waals surface area contributed by atoms with Crippen molar-refractivity contribution >= 4 is 5.97 Å². The van der Waals surface area contributed by atoms with Crippen LogP contribution in [-0.4, -0.2) is 41.1 Å². The molecule has 3 N–H and O–H groups in total. The predicted octanol–water partition coefficient (Wildman–Crippen LogP) is 1.05. The lowest BCUT2D eigenvalue weighted by Crippen LogP contribution is -2.39. The van der Waals surface area contributed by atoms with E-state index in [1.165, 1.54) is 25.7 Å². The van der Waals surface area contributed by atoms with Crippen LogP contribution in [0.5, 0.6) is 0 Å². The van der Waals surface area contributed by atoms with Crippen LogP contribution in [0, 0.1) is 0 Å². The summed E-state index contributed by atoms with van der Waals surface area (Å²) in [6, 6.07) is -0.131. The number of carbonyl (C=O) groups is 1. The second-order valence-corrected chi connectivity index (χ2v) is 4.47. The molecule has 1 aliphatic heterocycles. The van der Waals surface area contributed by atoms with E-state index >= 15 is 0 Å². The fraction of sp³-hybridized carbons (Fsp3) is 0.909. The normalized spacial score (nSPS) is 25.9. The molecular weight excluding hydrogens is 192 g/mol. The first-order valence-corrected chi connectivity index (χ1v) is 5.83. The maximum absolute atomic E-state index is 10.6. The zero-order chi connectivity index (χ0) is 11.3. The largest absolute Gasteiger partial charge is 0.480 e. The fourth-order valence-electron chi connectivity index (χ4n) is 2.09. The highest BCUT2D eigenvalue weighted by molar-refractivity contribution is 5.72. The number of likely N-dealkylation sites (tertiary alicyclic amines) is 1. The molecule has 1 fully saturated rings. The Morgan fingerprint density at radius 2 is 2.27 bits per heavy atom. The predicted molar refractivity (Wildman–Crippen MR) is 59.7 cm³/mol. The molecule has 0 aromatic rings. The van der Waals surface area contributed by atoms with Crippen LogP contribution >= 0.6 is 0 Å². The summed E-state index contributed by atoms with van der Waals surface area (Å²) in [4.78, 5) is 12.9. The summed E-state index contributed by atoms with van der Waals surface area (Å²) in [5.74, 6) is -0.891. The Morgan fingerprint density at radius 3 is 2.93 bits per heavy atom. The third-order valence-corrected chi connectivity index (χ3v) is 3.24. The Bertz CT molecular complexity index is 209. The van der Waals surface area contributed by atoms with Gasteiger partial charge in [-0.25, -0.2) is 0 Å². The Balaban J connectivity index is 2.32. The van der Waals surface area contributed by atoms with Gasteiger partial charge in [-0.15, -0.1) is 0 Å². The maximum atomic E-state index is 10.6. The molecule has 0 aromatic carbocycles. The van der Waals surface area contributed by atoms with E-state index in [9.17, 15) is 4.79 Å². The molecule has 0 amide bonds. The molecular formula is C11H22N2O2. The molecule has 0 saturated carbocycles. The van der Waals surface area contributed by atoms with Crippen molar-refractivity contribution < 1.29 is 9.90 Å². The zero-order valence-corrected chi connectivity index (χ0v) is 9.48. The highest BCUT2D eigenvalue weighted by atomic mass is 16.4. The number of nitrogens with zero attached hydrogens (tertiary/aromatic N) is 1. The van der Waals surface area contributed by atoms with Crippen molar-refractivity contribution in [2.75, 3.05) is 13.1 Å². The summed E-state index contributed by atoms with van der Waals surface area (Å²) in [6.07, 6.45) is 5.60. The smallest absolute Gasteiger partial charge is 0.320 e. The van der Waals surface area contributed by atoms with E-state index in [4.69, 9.17) is 10.8 Å². The summed E-state index contributed by atoms with van der Waals surface area (Å²) < 4.78 is 0. The minimum absolute atomic E-state index is 0.555. The zero-order valence-electron chi connectivity index (χ0n) is 9.48. The number of rotatable bonds is 4. The lowest BCUT2D eigenvalue weighted by molar-refractivity contribution is -0.138. The second kappa shape index (κ2) is 6.08. The summed E-state index contributed by atoms with van der Waals surface area (Å²) in [7, 11) is 0. The van der Waals surface area contributed by atoms with Crippen LogP contribution in [0.25, 0.3) is 0 Å². The lowest BCUT2D eigenvalue weighted by atomic mass is 10.1. The van der Waals surface area contributed by atoms with Gasteiger partial charge in [0.2, 0.25) is 0 Å². The molecule has 2 atom stereocenters. The third-order valence-electron chi connectivity index (χ3n) is 3.24. The molecule has 0 spiro atoms. The van der Waals surface area contributed by atoms with E-state index in [1.54, 1.807) is 0 Å². The average Bonchev–Trinajstić information content (AvgIpc) is 2.39. The summed E-state index contributed by atoms with van der Waals surface area (Å²) in [6.45, 7) is 4.12. The van der Waals surface area contributed by atoms with E-state index in [2.05, 4.69) is 11.8 Å². The number of hydrogen-bond donors (Lipinski definition) is 2. The van der Waals surface area contributed by atoms with Crippen molar-refractivity contribution in [2.24, 2.45) is 5.73 Å². The third kappa shape index (κ3) is 4.18. The van der Waals surface area contributed by atoms with E-state index < -0.39 is 12.0 Å². The Hall–Kier alpha value is -0.610. The molecule has 1 rings (SSSR count). The first kappa shape index (κ1) is 12.5. The monoisotopic (exact) mass is 214 g/mol. The van der Waals surface area contributed by atoms with Crippen molar-refractivity contribution in [1.29, 1.82) is 0 Å². The van der Waals surface area contributed by atoms with Gasteiger partial charge in [-0.1, -0.05) is 12.8 Å². The van der Waals surface area contributed by atoms with Gasteiger partial charge in [-0.05, 0) is 32.7 Å². The molecule has 1 aliphatic rings. The Kier molecular flexibility index (Phi) is 5.05. The van der Waals surface area contributed by atoms with Crippen LogP contribution in [0.1, 0.15) is 39.0 Å². The molecule has 0 aliphatic carbocycles. The molecule has 0 radical (unpaired) electrons. The van der Waals surface area contributed by atoms with E-state index in [1.807, 2.05) is 0 Å². The SMILES string of the molecule is CC1CCCCCN1CCC(N)C(=O)O. The van der Waals surface area contributed by atoms with E-state index in [-0.39, 0.29) is 0 Å². The summed E-state index contributed by atoms with van der Waals surface area (Å²) >= 11 is 0. The highest BCUT2D eigenvalue weighted by Crippen LogP contribution is 2.16. The van der Waals surface area contributed by atoms with Crippen molar-refractivity contribution in [1.82, 2.24) is 4.90 Å². The minimum atomic E-state index is -0.891. The van der Waals surface area contributed by atoms with Gasteiger partial charge in [0.25, 0.3) is 0 Å². The summed E-state index contributed by atoms with van der Waals surface area (Å²) in [5, 5.41) is 8.69. The standard InChI is InChI=1S/C11H22N2O2/c1-9-5-3-2-4-7-13(9)8-6-10(12)11(14)15/h9-10H,2-8,12H2,1H3,(H,14,15). The molecule has 0 aromatic heterocycles. The van der Waals surface area contributed by atoms with Gasteiger partial charge in [0.1, 0.15) is 6.04 Å². The fourth-order valence-corrected chi connectivity index (χ4v) is 2.09. The van der Waals surface area contributed by atoms with Crippen LogP contribution in [0.2, 0.25) is 0 Å². The quantitative estimate of drug-likeness (QED) is 0.734. The summed E-state index contributed by atoms with van der Waals surface area (Å²) in [5.41, 5.74) is 5.49. The Labute approximate surface area is 91.4 Å². The van der Waals surface area contributed by atoms with Gasteiger partial charge in [0.15, 0.2) is 0 Å². The molecule has 1 saturated heterocycles. The van der Waals surface area contributed by atoms with Crippen LogP contribution in [0.15, 0.2) is 0 Å². The van der Waals surface area contributed by atoms with Gasteiger partial charge in [0, 0.05) is 12.6 Å². The molecule has 4 heteroatoms. The maximum Gasteiger partial charge on any atom is 0.320 e. The molecule has 1 heterocycles. The van der Waals surface area contributed by atoms with E-state index in [0.29, 0.717) is 12.5 Å². The van der Waals surface area contributed by atoms with Gasteiger partial charge in [-0.3, -0.25) is 4.79 Å². The molecule has 15 heavy (non-hydrogen) atoms. The number of carboxylic acid groups (broad SMARTS) is 1. The average molecular weight is 214 g/mol. The number of nitrogens with two attached hydrogens (primary N) is 1. The van der Waals surface area contributed by atoms with Crippen molar-refractivity contribution in [3.05, 3.63) is 0 Å². The van der Waals surface area contributed by atoms with Gasteiger partial charge >= 0.3 is 5.97 Å².